The zero-order chi connectivity index (χ0) is 13.3. The molecule has 2 saturated carbocycles. The van der Waals surface area contributed by atoms with Crippen molar-refractivity contribution in [2.75, 3.05) is 0 Å². The van der Waals surface area contributed by atoms with Gasteiger partial charge in [0.25, 0.3) is 0 Å². The van der Waals surface area contributed by atoms with Gasteiger partial charge < -0.3 is 14.6 Å². The largest absolute Gasteiger partial charge is 0.481 e. The van der Waals surface area contributed by atoms with Gasteiger partial charge in [0.1, 0.15) is 0 Å². The van der Waals surface area contributed by atoms with E-state index in [0.717, 1.165) is 12.8 Å². The maximum absolute atomic E-state index is 12.0. The van der Waals surface area contributed by atoms with E-state index in [1.54, 1.807) is 0 Å². The van der Waals surface area contributed by atoms with E-state index in [2.05, 4.69) is 6.92 Å². The summed E-state index contributed by atoms with van der Waals surface area (Å²) >= 11 is 0. The minimum absolute atomic E-state index is 0.144. The molecule has 2 heterocycles. The summed E-state index contributed by atoms with van der Waals surface area (Å²) in [5.74, 6) is -0.775. The van der Waals surface area contributed by atoms with Crippen LogP contribution in [0, 0.1) is 17.3 Å². The second-order valence-corrected chi connectivity index (χ2v) is 7.16. The maximum atomic E-state index is 12.0. The van der Waals surface area contributed by atoms with E-state index >= 15 is 0 Å². The van der Waals surface area contributed by atoms with Crippen molar-refractivity contribution in [3.8, 4) is 0 Å². The zero-order valence-electron chi connectivity index (χ0n) is 11.5. The smallest absolute Gasteiger partial charge is 0.310 e. The molecule has 4 heteroatoms. The van der Waals surface area contributed by atoms with Gasteiger partial charge in [-0.1, -0.05) is 39.0 Å². The highest BCUT2D eigenvalue weighted by molar-refractivity contribution is 5.76. The molecule has 4 nitrogen and oxygen atoms in total. The summed E-state index contributed by atoms with van der Waals surface area (Å²) in [5.41, 5.74) is -0.626. The highest BCUT2D eigenvalue weighted by Gasteiger charge is 2.94. The van der Waals surface area contributed by atoms with Crippen LogP contribution in [0.2, 0.25) is 0 Å². The first-order chi connectivity index (χ1) is 9.02. The van der Waals surface area contributed by atoms with E-state index in [-0.39, 0.29) is 11.7 Å². The van der Waals surface area contributed by atoms with Gasteiger partial charge >= 0.3 is 5.97 Å². The molecule has 2 aliphatic heterocycles. The number of hydrogen-bond donors (Lipinski definition) is 1. The molecule has 0 spiro atoms. The van der Waals surface area contributed by atoms with Crippen molar-refractivity contribution >= 4 is 5.97 Å². The Balaban J connectivity index is 1.57. The number of ether oxygens (including phenoxy) is 2. The molecule has 2 saturated heterocycles. The molecule has 0 radical (unpaired) electrons. The highest BCUT2D eigenvalue weighted by atomic mass is 17.0. The van der Waals surface area contributed by atoms with E-state index in [1.807, 2.05) is 0 Å². The molecular weight excluding hydrogens is 244 g/mol. The lowest BCUT2D eigenvalue weighted by Crippen LogP contribution is -2.44. The Hall–Kier alpha value is -0.610. The Kier molecular flexibility index (Phi) is 2.26. The molecule has 0 bridgehead atoms. The first-order valence-electron chi connectivity index (χ1n) is 7.66. The van der Waals surface area contributed by atoms with Gasteiger partial charge in [-0.25, -0.2) is 0 Å². The predicted octanol–water partition coefficient (Wildman–Crippen LogP) is 2.91. The van der Waals surface area contributed by atoms with Gasteiger partial charge in [-0.15, -0.1) is 0 Å². The first-order valence-corrected chi connectivity index (χ1v) is 7.66. The average molecular weight is 266 g/mol. The van der Waals surface area contributed by atoms with E-state index in [1.165, 1.54) is 32.1 Å². The number of carboxylic acid groups (broad SMARTS) is 1. The van der Waals surface area contributed by atoms with Crippen LogP contribution in [0.1, 0.15) is 58.3 Å². The van der Waals surface area contributed by atoms with Crippen LogP contribution in [-0.4, -0.2) is 22.7 Å². The van der Waals surface area contributed by atoms with Gasteiger partial charge in [-0.3, -0.25) is 4.79 Å². The summed E-state index contributed by atoms with van der Waals surface area (Å²) in [6.07, 6.45) is 8.36. The van der Waals surface area contributed by atoms with Crippen LogP contribution in [0.5, 0.6) is 0 Å². The molecule has 0 amide bonds. The topological polar surface area (TPSA) is 62.4 Å². The summed E-state index contributed by atoms with van der Waals surface area (Å²) in [7, 11) is 0. The van der Waals surface area contributed by atoms with Crippen LogP contribution >= 0.6 is 0 Å². The molecule has 0 aromatic heterocycles. The van der Waals surface area contributed by atoms with E-state index in [4.69, 9.17) is 9.47 Å². The summed E-state index contributed by atoms with van der Waals surface area (Å²) in [4.78, 5) is 12.0. The lowest BCUT2D eigenvalue weighted by Gasteiger charge is -2.39. The van der Waals surface area contributed by atoms with Crippen LogP contribution < -0.4 is 0 Å². The Morgan fingerprint density at radius 3 is 2.53 bits per heavy atom. The lowest BCUT2D eigenvalue weighted by atomic mass is 9.61. The van der Waals surface area contributed by atoms with Crippen LogP contribution in [0.4, 0.5) is 0 Å². The Labute approximate surface area is 113 Å². The van der Waals surface area contributed by atoms with Crippen molar-refractivity contribution in [2.24, 2.45) is 17.3 Å². The number of hydrogen-bond acceptors (Lipinski definition) is 3. The van der Waals surface area contributed by atoms with Gasteiger partial charge in [0.05, 0.1) is 5.41 Å². The fourth-order valence-corrected chi connectivity index (χ4v) is 4.68. The molecular formula is C15H22O4. The van der Waals surface area contributed by atoms with Gasteiger partial charge in [0, 0.05) is 12.8 Å². The van der Waals surface area contributed by atoms with Gasteiger partial charge in [-0.05, 0) is 18.3 Å². The van der Waals surface area contributed by atoms with Crippen molar-refractivity contribution in [2.45, 2.75) is 69.9 Å². The normalized spacial score (nSPS) is 52.2. The first kappa shape index (κ1) is 12.2. The third kappa shape index (κ3) is 1.50. The van der Waals surface area contributed by atoms with Crippen LogP contribution in [-0.2, 0) is 14.3 Å². The number of epoxide rings is 2. The third-order valence-electron chi connectivity index (χ3n) is 6.03. The van der Waals surface area contributed by atoms with E-state index in [0.29, 0.717) is 12.3 Å². The molecule has 106 valence electrons. The van der Waals surface area contributed by atoms with Gasteiger partial charge in [-0.2, -0.15) is 0 Å². The van der Waals surface area contributed by atoms with Gasteiger partial charge in [0.15, 0.2) is 0 Å². The zero-order valence-corrected chi connectivity index (χ0v) is 11.5. The molecule has 2 unspecified atom stereocenters. The maximum Gasteiger partial charge on any atom is 0.310 e. The lowest BCUT2D eigenvalue weighted by molar-refractivity contribution is -0.157. The summed E-state index contributed by atoms with van der Waals surface area (Å²) < 4.78 is 11.2. The molecule has 1 N–H and O–H groups in total. The fourth-order valence-electron chi connectivity index (χ4n) is 4.68. The quantitative estimate of drug-likeness (QED) is 0.798. The molecule has 4 fully saturated rings. The van der Waals surface area contributed by atoms with Crippen molar-refractivity contribution in [3.05, 3.63) is 0 Å². The molecule has 0 aromatic carbocycles. The SMILES string of the molecule is CC1CC23OC2(CC1(CC1CCCCC1)C(=O)O)O3. The predicted molar refractivity (Wildman–Crippen MR) is 67.3 cm³/mol. The number of carboxylic acids is 1. The number of rotatable bonds is 3. The second-order valence-electron chi connectivity index (χ2n) is 7.16. The Morgan fingerprint density at radius 1 is 1.21 bits per heavy atom. The molecule has 4 rings (SSSR count). The van der Waals surface area contributed by atoms with Crippen molar-refractivity contribution in [3.63, 3.8) is 0 Å². The highest BCUT2D eigenvalue weighted by Crippen LogP contribution is 2.78. The van der Waals surface area contributed by atoms with E-state index < -0.39 is 17.2 Å². The molecule has 2 aliphatic carbocycles. The minimum atomic E-state index is -0.639. The second kappa shape index (κ2) is 3.53. The van der Waals surface area contributed by atoms with E-state index in [9.17, 15) is 9.90 Å². The van der Waals surface area contributed by atoms with Crippen molar-refractivity contribution < 1.29 is 19.4 Å². The average Bonchev–Trinajstić information content (AvgIpc) is 3.15. The van der Waals surface area contributed by atoms with Crippen molar-refractivity contribution in [1.82, 2.24) is 0 Å². The molecule has 19 heavy (non-hydrogen) atoms. The number of carbonyl (C=O) groups is 1. The number of aliphatic carboxylic acids is 1. The van der Waals surface area contributed by atoms with Crippen molar-refractivity contribution in [1.29, 1.82) is 0 Å². The molecule has 4 aliphatic rings. The summed E-state index contributed by atoms with van der Waals surface area (Å²) in [6, 6.07) is 0. The Bertz CT molecular complexity index is 420. The molecule has 2 atom stereocenters. The fraction of sp³-hybridized carbons (Fsp3) is 0.933. The monoisotopic (exact) mass is 266 g/mol. The Morgan fingerprint density at radius 2 is 1.89 bits per heavy atom. The summed E-state index contributed by atoms with van der Waals surface area (Å²) in [6.45, 7) is 2.07. The summed E-state index contributed by atoms with van der Waals surface area (Å²) in [5, 5.41) is 9.85. The van der Waals surface area contributed by atoms with Crippen LogP contribution in [0.15, 0.2) is 0 Å². The van der Waals surface area contributed by atoms with Crippen LogP contribution in [0.3, 0.4) is 0 Å². The standard InChI is InChI=1S/C15H22O4/c1-10-7-14-15(18-14,19-14)9-13(10,12(16)17)8-11-5-3-2-4-6-11/h10-11H,2-9H2,1H3,(H,16,17). The third-order valence-corrected chi connectivity index (χ3v) is 6.03. The minimum Gasteiger partial charge on any atom is -0.481 e. The van der Waals surface area contributed by atoms with Crippen LogP contribution in [0.25, 0.3) is 0 Å². The van der Waals surface area contributed by atoms with Gasteiger partial charge in [0.2, 0.25) is 11.6 Å². The molecule has 0 aromatic rings.